The van der Waals surface area contributed by atoms with E-state index in [1.54, 1.807) is 0 Å². The fourth-order valence-corrected chi connectivity index (χ4v) is 3.75. The Bertz CT molecular complexity index is 579. The molecular weight excluding hydrogens is 326 g/mol. The minimum absolute atomic E-state index is 0.403. The van der Waals surface area contributed by atoms with Gasteiger partial charge in [-0.15, -0.1) is 0 Å². The molecule has 2 saturated heterocycles. The molecule has 2 fully saturated rings. The standard InChI is InChI=1S/C19H33N7/c1-19(2)6-11-26(16-19)17(20-3)21-9-5-10-24-12-14-25(15-13-24)18-22-7-4-8-23-18/h4,7-8H,5-6,9-16H2,1-3H3,(H,20,21). The summed E-state index contributed by atoms with van der Waals surface area (Å²) in [7, 11) is 1.89. The molecule has 1 aromatic rings. The van der Waals surface area contributed by atoms with Gasteiger partial charge in [0, 0.05) is 65.3 Å². The average molecular weight is 360 g/mol. The van der Waals surface area contributed by atoms with Gasteiger partial charge in [-0.25, -0.2) is 9.97 Å². The summed E-state index contributed by atoms with van der Waals surface area (Å²) in [5.74, 6) is 1.91. The molecule has 0 atom stereocenters. The minimum atomic E-state index is 0.403. The Labute approximate surface area is 157 Å². The van der Waals surface area contributed by atoms with E-state index < -0.39 is 0 Å². The molecule has 0 amide bonds. The van der Waals surface area contributed by atoms with Gasteiger partial charge in [-0.2, -0.15) is 0 Å². The summed E-state index contributed by atoms with van der Waals surface area (Å²) in [4.78, 5) is 20.3. The SMILES string of the molecule is CN=C(NCCCN1CCN(c2ncccn2)CC1)N1CCC(C)(C)C1. The number of rotatable bonds is 5. The first-order valence-corrected chi connectivity index (χ1v) is 9.77. The Morgan fingerprint density at radius 3 is 2.50 bits per heavy atom. The van der Waals surface area contributed by atoms with Crippen molar-refractivity contribution in [3.8, 4) is 0 Å². The minimum Gasteiger partial charge on any atom is -0.356 e. The van der Waals surface area contributed by atoms with Crippen LogP contribution in [0.1, 0.15) is 26.7 Å². The van der Waals surface area contributed by atoms with E-state index in [0.717, 1.165) is 70.7 Å². The topological polar surface area (TPSA) is 59.9 Å². The number of hydrogen-bond acceptors (Lipinski definition) is 5. The maximum Gasteiger partial charge on any atom is 0.225 e. The quantitative estimate of drug-likeness (QED) is 0.486. The van der Waals surface area contributed by atoms with Crippen molar-refractivity contribution in [2.45, 2.75) is 26.7 Å². The Morgan fingerprint density at radius 2 is 1.88 bits per heavy atom. The summed E-state index contributed by atoms with van der Waals surface area (Å²) in [6.45, 7) is 13.1. The first-order chi connectivity index (χ1) is 12.6. The Kier molecular flexibility index (Phi) is 6.29. The highest BCUT2D eigenvalue weighted by atomic mass is 15.3. The number of piperazine rings is 1. The lowest BCUT2D eigenvalue weighted by molar-refractivity contribution is 0.254. The van der Waals surface area contributed by atoms with E-state index in [9.17, 15) is 0 Å². The van der Waals surface area contributed by atoms with Crippen molar-refractivity contribution >= 4 is 11.9 Å². The van der Waals surface area contributed by atoms with Gasteiger partial charge in [0.2, 0.25) is 5.95 Å². The normalized spacial score (nSPS) is 21.3. The van der Waals surface area contributed by atoms with Gasteiger partial charge in [0.25, 0.3) is 0 Å². The molecule has 0 unspecified atom stereocenters. The van der Waals surface area contributed by atoms with Crippen LogP contribution in [0.5, 0.6) is 0 Å². The van der Waals surface area contributed by atoms with Crippen LogP contribution in [-0.2, 0) is 0 Å². The summed E-state index contributed by atoms with van der Waals surface area (Å²) < 4.78 is 0. The third-order valence-electron chi connectivity index (χ3n) is 5.33. The number of nitrogens with zero attached hydrogens (tertiary/aromatic N) is 6. The third kappa shape index (κ3) is 5.06. The van der Waals surface area contributed by atoms with Crippen LogP contribution in [0.25, 0.3) is 0 Å². The number of hydrogen-bond donors (Lipinski definition) is 1. The molecule has 0 saturated carbocycles. The van der Waals surface area contributed by atoms with Crippen molar-refractivity contribution in [3.63, 3.8) is 0 Å². The maximum atomic E-state index is 4.46. The first-order valence-electron chi connectivity index (χ1n) is 9.77. The molecule has 7 heteroatoms. The zero-order valence-electron chi connectivity index (χ0n) is 16.5. The van der Waals surface area contributed by atoms with Crippen molar-refractivity contribution in [3.05, 3.63) is 18.5 Å². The number of likely N-dealkylation sites (tertiary alicyclic amines) is 1. The highest BCUT2D eigenvalue weighted by Gasteiger charge is 2.30. The van der Waals surface area contributed by atoms with Gasteiger partial charge in [0.15, 0.2) is 5.96 Å². The highest BCUT2D eigenvalue weighted by Crippen LogP contribution is 2.28. The summed E-state index contributed by atoms with van der Waals surface area (Å²) in [6, 6.07) is 1.86. The van der Waals surface area contributed by atoms with Crippen LogP contribution in [0.4, 0.5) is 5.95 Å². The summed E-state index contributed by atoms with van der Waals surface area (Å²) >= 11 is 0. The second kappa shape index (κ2) is 8.66. The number of guanidine groups is 1. The molecular formula is C19H33N7. The van der Waals surface area contributed by atoms with Gasteiger partial charge in [-0.05, 0) is 30.9 Å². The van der Waals surface area contributed by atoms with E-state index in [0.29, 0.717) is 5.41 Å². The van der Waals surface area contributed by atoms with E-state index in [1.807, 2.05) is 25.5 Å². The van der Waals surface area contributed by atoms with Gasteiger partial charge in [0.1, 0.15) is 0 Å². The van der Waals surface area contributed by atoms with Gasteiger partial charge >= 0.3 is 0 Å². The summed E-state index contributed by atoms with van der Waals surface area (Å²) in [5, 5.41) is 3.54. The maximum absolute atomic E-state index is 4.46. The molecule has 0 radical (unpaired) electrons. The predicted octanol–water partition coefficient (Wildman–Crippen LogP) is 1.30. The molecule has 0 aromatic carbocycles. The molecule has 3 heterocycles. The molecule has 2 aliphatic heterocycles. The monoisotopic (exact) mass is 359 g/mol. The van der Waals surface area contributed by atoms with Gasteiger partial charge in [-0.3, -0.25) is 9.89 Å². The Morgan fingerprint density at radius 1 is 1.15 bits per heavy atom. The summed E-state index contributed by atoms with van der Waals surface area (Å²) in [6.07, 6.45) is 6.00. The van der Waals surface area contributed by atoms with Crippen molar-refractivity contribution in [1.29, 1.82) is 0 Å². The van der Waals surface area contributed by atoms with Crippen molar-refractivity contribution < 1.29 is 0 Å². The number of anilines is 1. The fraction of sp³-hybridized carbons (Fsp3) is 0.737. The third-order valence-corrected chi connectivity index (χ3v) is 5.33. The van der Waals surface area contributed by atoms with Crippen molar-refractivity contribution in [2.24, 2.45) is 10.4 Å². The number of nitrogens with one attached hydrogen (secondary N) is 1. The van der Waals surface area contributed by atoms with E-state index >= 15 is 0 Å². The molecule has 2 aliphatic rings. The Hall–Kier alpha value is -1.89. The van der Waals surface area contributed by atoms with Crippen molar-refractivity contribution in [2.75, 3.05) is 64.3 Å². The molecule has 1 aromatic heterocycles. The molecule has 7 nitrogen and oxygen atoms in total. The lowest BCUT2D eigenvalue weighted by atomic mass is 9.93. The fourth-order valence-electron chi connectivity index (χ4n) is 3.75. The van der Waals surface area contributed by atoms with Crippen LogP contribution < -0.4 is 10.2 Å². The molecule has 144 valence electrons. The second-order valence-corrected chi connectivity index (χ2v) is 8.04. The molecule has 26 heavy (non-hydrogen) atoms. The number of aromatic nitrogens is 2. The second-order valence-electron chi connectivity index (χ2n) is 8.04. The van der Waals surface area contributed by atoms with Gasteiger partial charge < -0.3 is 15.1 Å². The van der Waals surface area contributed by atoms with E-state index in [1.165, 1.54) is 6.42 Å². The smallest absolute Gasteiger partial charge is 0.225 e. The predicted molar refractivity (Wildman–Crippen MR) is 107 cm³/mol. The van der Waals surface area contributed by atoms with Crippen LogP contribution in [0.15, 0.2) is 23.5 Å². The van der Waals surface area contributed by atoms with E-state index in [2.05, 4.69) is 48.8 Å². The van der Waals surface area contributed by atoms with E-state index in [4.69, 9.17) is 0 Å². The largest absolute Gasteiger partial charge is 0.356 e. The van der Waals surface area contributed by atoms with Crippen LogP contribution >= 0.6 is 0 Å². The van der Waals surface area contributed by atoms with Gasteiger partial charge in [-0.1, -0.05) is 13.8 Å². The van der Waals surface area contributed by atoms with Crippen molar-refractivity contribution in [1.82, 2.24) is 25.1 Å². The lowest BCUT2D eigenvalue weighted by Crippen LogP contribution is -2.48. The lowest BCUT2D eigenvalue weighted by Gasteiger charge is -2.34. The Balaban J connectivity index is 1.33. The van der Waals surface area contributed by atoms with Crippen LogP contribution in [0.3, 0.4) is 0 Å². The summed E-state index contributed by atoms with van der Waals surface area (Å²) in [5.41, 5.74) is 0.403. The zero-order chi connectivity index (χ0) is 18.4. The van der Waals surface area contributed by atoms with Gasteiger partial charge in [0.05, 0.1) is 0 Å². The van der Waals surface area contributed by atoms with Crippen LogP contribution in [0, 0.1) is 5.41 Å². The van der Waals surface area contributed by atoms with Crippen LogP contribution in [0.2, 0.25) is 0 Å². The molecule has 0 bridgehead atoms. The highest BCUT2D eigenvalue weighted by molar-refractivity contribution is 5.80. The number of aliphatic imine (C=N–C) groups is 1. The molecule has 3 rings (SSSR count). The zero-order valence-corrected chi connectivity index (χ0v) is 16.5. The van der Waals surface area contributed by atoms with Crippen LogP contribution in [-0.4, -0.2) is 85.1 Å². The molecule has 1 N–H and O–H groups in total. The first kappa shape index (κ1) is 18.9. The molecule has 0 spiro atoms. The molecule has 0 aliphatic carbocycles. The van der Waals surface area contributed by atoms with E-state index in [-0.39, 0.29) is 0 Å². The average Bonchev–Trinajstić information content (AvgIpc) is 3.02.